The number of anilines is 1. The standard InChI is InChI=1S/C18H25N3O5/c1-11(2)15(20-18(24)26-4)16(22)12-7-5-6-8-13(12)21-10-19-9-14(21)17(23)25-3/h5-8,11,14-15,19H,9-10H2,1-4H3,(H,20,24). The molecule has 0 bridgehead atoms. The summed E-state index contributed by atoms with van der Waals surface area (Å²) in [4.78, 5) is 38.6. The molecule has 0 aliphatic carbocycles. The minimum absolute atomic E-state index is 0.136. The van der Waals surface area contributed by atoms with Crippen molar-refractivity contribution in [3.63, 3.8) is 0 Å². The number of methoxy groups -OCH3 is 2. The third-order valence-corrected chi connectivity index (χ3v) is 4.36. The van der Waals surface area contributed by atoms with Crippen LogP contribution in [0, 0.1) is 5.92 Å². The molecule has 1 heterocycles. The van der Waals surface area contributed by atoms with Gasteiger partial charge in [0.2, 0.25) is 0 Å². The van der Waals surface area contributed by atoms with E-state index < -0.39 is 18.2 Å². The van der Waals surface area contributed by atoms with Crippen molar-refractivity contribution in [1.29, 1.82) is 0 Å². The molecule has 26 heavy (non-hydrogen) atoms. The van der Waals surface area contributed by atoms with Gasteiger partial charge in [0.05, 0.1) is 26.9 Å². The molecular weight excluding hydrogens is 338 g/mol. The second-order valence-electron chi connectivity index (χ2n) is 6.36. The molecule has 1 aliphatic heterocycles. The molecule has 2 N–H and O–H groups in total. The summed E-state index contributed by atoms with van der Waals surface area (Å²) in [5.41, 5.74) is 1.05. The minimum atomic E-state index is -0.740. The zero-order chi connectivity index (χ0) is 19.3. The number of amides is 1. The largest absolute Gasteiger partial charge is 0.467 e. The van der Waals surface area contributed by atoms with Gasteiger partial charge in [-0.25, -0.2) is 9.59 Å². The average molecular weight is 363 g/mol. The Morgan fingerprint density at radius 1 is 1.19 bits per heavy atom. The summed E-state index contributed by atoms with van der Waals surface area (Å²) in [5.74, 6) is -0.746. The van der Waals surface area contributed by atoms with Crippen molar-refractivity contribution in [2.75, 3.05) is 32.3 Å². The molecule has 1 fully saturated rings. The summed E-state index contributed by atoms with van der Waals surface area (Å²) in [6.07, 6.45) is -0.662. The van der Waals surface area contributed by atoms with Gasteiger partial charge < -0.3 is 19.7 Å². The summed E-state index contributed by atoms with van der Waals surface area (Å²) in [7, 11) is 2.59. The molecule has 1 saturated heterocycles. The lowest BCUT2D eigenvalue weighted by atomic mass is 9.93. The van der Waals surface area contributed by atoms with Crippen LogP contribution in [0.3, 0.4) is 0 Å². The Kier molecular flexibility index (Phi) is 6.57. The molecule has 0 radical (unpaired) electrons. The van der Waals surface area contributed by atoms with Crippen LogP contribution >= 0.6 is 0 Å². The highest BCUT2D eigenvalue weighted by molar-refractivity contribution is 6.06. The zero-order valence-electron chi connectivity index (χ0n) is 15.4. The van der Waals surface area contributed by atoms with Gasteiger partial charge in [-0.15, -0.1) is 0 Å². The third kappa shape index (κ3) is 4.13. The fourth-order valence-electron chi connectivity index (χ4n) is 2.96. The van der Waals surface area contributed by atoms with Gasteiger partial charge in [-0.2, -0.15) is 0 Å². The lowest BCUT2D eigenvalue weighted by Crippen LogP contribution is -2.45. The second-order valence-corrected chi connectivity index (χ2v) is 6.36. The van der Waals surface area contributed by atoms with Crippen LogP contribution in [0.25, 0.3) is 0 Å². The predicted molar refractivity (Wildman–Crippen MR) is 96.1 cm³/mol. The van der Waals surface area contributed by atoms with Gasteiger partial charge in [0.1, 0.15) is 6.04 Å². The molecule has 2 rings (SSSR count). The van der Waals surface area contributed by atoms with Gasteiger partial charge in [-0.05, 0) is 18.1 Å². The first-order chi connectivity index (χ1) is 12.4. The SMILES string of the molecule is COC(=O)NC(C(=O)c1ccccc1N1CNCC1C(=O)OC)C(C)C. The normalized spacial score (nSPS) is 17.7. The first kappa shape index (κ1) is 19.7. The fourth-order valence-corrected chi connectivity index (χ4v) is 2.96. The van der Waals surface area contributed by atoms with Gasteiger partial charge in [0.15, 0.2) is 5.78 Å². The van der Waals surface area contributed by atoms with Crippen molar-refractivity contribution >= 4 is 23.5 Å². The van der Waals surface area contributed by atoms with Crippen molar-refractivity contribution < 1.29 is 23.9 Å². The molecule has 0 spiro atoms. The maximum absolute atomic E-state index is 13.1. The van der Waals surface area contributed by atoms with E-state index in [0.29, 0.717) is 24.5 Å². The Labute approximate surface area is 152 Å². The van der Waals surface area contributed by atoms with E-state index >= 15 is 0 Å². The van der Waals surface area contributed by atoms with Gasteiger partial charge in [-0.3, -0.25) is 10.1 Å². The molecule has 1 aromatic rings. The van der Waals surface area contributed by atoms with E-state index in [0.717, 1.165) is 0 Å². The highest BCUT2D eigenvalue weighted by Crippen LogP contribution is 2.26. The number of esters is 1. The number of alkyl carbamates (subject to hydrolysis) is 1. The second kappa shape index (κ2) is 8.66. The van der Waals surface area contributed by atoms with Gasteiger partial charge >= 0.3 is 12.1 Å². The predicted octanol–water partition coefficient (Wildman–Crippen LogP) is 1.16. The number of hydrogen-bond acceptors (Lipinski definition) is 7. The average Bonchev–Trinajstić information content (AvgIpc) is 3.14. The Morgan fingerprint density at radius 2 is 1.88 bits per heavy atom. The lowest BCUT2D eigenvalue weighted by molar-refractivity contribution is -0.141. The van der Waals surface area contributed by atoms with Crippen molar-refractivity contribution in [3.05, 3.63) is 29.8 Å². The van der Waals surface area contributed by atoms with E-state index in [1.807, 2.05) is 13.8 Å². The van der Waals surface area contributed by atoms with Crippen LogP contribution in [0.15, 0.2) is 24.3 Å². The fraction of sp³-hybridized carbons (Fsp3) is 0.500. The van der Waals surface area contributed by atoms with E-state index in [9.17, 15) is 14.4 Å². The topological polar surface area (TPSA) is 97.0 Å². The Balaban J connectivity index is 2.36. The summed E-state index contributed by atoms with van der Waals surface area (Å²) in [5, 5.41) is 5.71. The van der Waals surface area contributed by atoms with Crippen LogP contribution in [0.1, 0.15) is 24.2 Å². The van der Waals surface area contributed by atoms with Crippen molar-refractivity contribution in [3.8, 4) is 0 Å². The molecule has 0 saturated carbocycles. The number of ether oxygens (including phenoxy) is 2. The summed E-state index contributed by atoms with van der Waals surface area (Å²) in [6, 6.07) is 5.78. The number of carbonyl (C=O) groups is 3. The summed E-state index contributed by atoms with van der Waals surface area (Å²) < 4.78 is 9.49. The first-order valence-electron chi connectivity index (χ1n) is 8.43. The third-order valence-electron chi connectivity index (χ3n) is 4.36. The quantitative estimate of drug-likeness (QED) is 0.578. The number of nitrogens with one attached hydrogen (secondary N) is 2. The number of hydrogen-bond donors (Lipinski definition) is 2. The minimum Gasteiger partial charge on any atom is -0.467 e. The van der Waals surface area contributed by atoms with Gasteiger partial charge in [0, 0.05) is 17.8 Å². The van der Waals surface area contributed by atoms with Crippen molar-refractivity contribution in [2.45, 2.75) is 25.9 Å². The summed E-state index contributed by atoms with van der Waals surface area (Å²) >= 11 is 0. The van der Waals surface area contributed by atoms with Crippen LogP contribution in [-0.4, -0.2) is 57.4 Å². The molecule has 1 aliphatic rings. The highest BCUT2D eigenvalue weighted by atomic mass is 16.5. The van der Waals surface area contributed by atoms with E-state index in [2.05, 4.69) is 15.4 Å². The van der Waals surface area contributed by atoms with Crippen LogP contribution in [-0.2, 0) is 14.3 Å². The molecule has 8 heteroatoms. The molecule has 0 aromatic heterocycles. The number of ketones is 1. The molecule has 8 nitrogen and oxygen atoms in total. The number of benzene rings is 1. The molecule has 2 unspecified atom stereocenters. The maximum Gasteiger partial charge on any atom is 0.407 e. The number of nitrogens with zero attached hydrogens (tertiary/aromatic N) is 1. The first-order valence-corrected chi connectivity index (χ1v) is 8.43. The van der Waals surface area contributed by atoms with Crippen molar-refractivity contribution in [2.24, 2.45) is 5.92 Å². The monoisotopic (exact) mass is 363 g/mol. The smallest absolute Gasteiger partial charge is 0.407 e. The van der Waals surface area contributed by atoms with Crippen LogP contribution in [0.2, 0.25) is 0 Å². The van der Waals surface area contributed by atoms with E-state index in [-0.39, 0.29) is 17.7 Å². The molecule has 2 atom stereocenters. The Hall–Kier alpha value is -2.61. The van der Waals surface area contributed by atoms with Crippen molar-refractivity contribution in [1.82, 2.24) is 10.6 Å². The zero-order valence-corrected chi connectivity index (χ0v) is 15.4. The Morgan fingerprint density at radius 3 is 2.50 bits per heavy atom. The molecular formula is C18H25N3O5. The lowest BCUT2D eigenvalue weighted by Gasteiger charge is -2.27. The Bertz CT molecular complexity index is 677. The number of Topliss-reactive ketones (excluding diaryl/α,β-unsaturated/α-hetero) is 1. The van der Waals surface area contributed by atoms with E-state index in [4.69, 9.17) is 4.74 Å². The maximum atomic E-state index is 13.1. The molecule has 1 aromatic carbocycles. The number of carbonyl (C=O) groups excluding carboxylic acids is 3. The van der Waals surface area contributed by atoms with Crippen LogP contribution in [0.5, 0.6) is 0 Å². The number of rotatable bonds is 6. The highest BCUT2D eigenvalue weighted by Gasteiger charge is 2.35. The van der Waals surface area contributed by atoms with Crippen LogP contribution in [0.4, 0.5) is 10.5 Å². The van der Waals surface area contributed by atoms with E-state index in [1.165, 1.54) is 14.2 Å². The van der Waals surface area contributed by atoms with Crippen LogP contribution < -0.4 is 15.5 Å². The molecule has 1 amide bonds. The van der Waals surface area contributed by atoms with E-state index in [1.54, 1.807) is 29.2 Å². The van der Waals surface area contributed by atoms with Gasteiger partial charge in [-0.1, -0.05) is 26.0 Å². The van der Waals surface area contributed by atoms with Gasteiger partial charge in [0.25, 0.3) is 0 Å². The molecule has 142 valence electrons. The summed E-state index contributed by atoms with van der Waals surface area (Å²) in [6.45, 7) is 4.54. The number of para-hydroxylation sites is 1.